The van der Waals surface area contributed by atoms with Crippen LogP contribution in [-0.4, -0.2) is 12.6 Å². The lowest BCUT2D eigenvalue weighted by Gasteiger charge is -2.39. The van der Waals surface area contributed by atoms with Crippen LogP contribution in [0.1, 0.15) is 32.3 Å². The largest absolute Gasteiger partial charge is 0.367 e. The average molecular weight is 272 g/mol. The van der Waals surface area contributed by atoms with Crippen molar-refractivity contribution in [3.63, 3.8) is 0 Å². The third-order valence-corrected chi connectivity index (χ3v) is 4.23. The molecule has 0 spiro atoms. The summed E-state index contributed by atoms with van der Waals surface area (Å²) in [7, 11) is 0. The van der Waals surface area contributed by atoms with Crippen LogP contribution in [0.15, 0.2) is 18.2 Å². The molecule has 3 heteroatoms. The minimum Gasteiger partial charge on any atom is -0.367 e. The van der Waals surface area contributed by atoms with Crippen LogP contribution in [0, 0.1) is 5.92 Å². The number of alkyl halides is 1. The van der Waals surface area contributed by atoms with Crippen molar-refractivity contribution in [2.75, 3.05) is 11.4 Å². The molecule has 0 amide bonds. The quantitative estimate of drug-likeness (QED) is 0.705. The van der Waals surface area contributed by atoms with Gasteiger partial charge in [0.25, 0.3) is 0 Å². The van der Waals surface area contributed by atoms with Gasteiger partial charge in [0.15, 0.2) is 0 Å². The van der Waals surface area contributed by atoms with Crippen molar-refractivity contribution >= 4 is 28.9 Å². The molecule has 0 N–H and O–H groups in total. The van der Waals surface area contributed by atoms with Crippen molar-refractivity contribution in [3.8, 4) is 0 Å². The molecule has 94 valence electrons. The van der Waals surface area contributed by atoms with E-state index in [0.717, 1.165) is 28.7 Å². The Hall–Kier alpha value is -0.400. The first kappa shape index (κ1) is 13.0. The number of para-hydroxylation sites is 1. The smallest absolute Gasteiger partial charge is 0.0642 e. The van der Waals surface area contributed by atoms with Crippen LogP contribution in [0.5, 0.6) is 0 Å². The fourth-order valence-electron chi connectivity index (χ4n) is 2.73. The second kappa shape index (κ2) is 5.49. The van der Waals surface area contributed by atoms with Crippen molar-refractivity contribution in [1.82, 2.24) is 0 Å². The highest BCUT2D eigenvalue weighted by molar-refractivity contribution is 6.33. The Morgan fingerprint density at radius 2 is 2.12 bits per heavy atom. The van der Waals surface area contributed by atoms with E-state index in [1.54, 1.807) is 0 Å². The Labute approximate surface area is 114 Å². The molecular weight excluding hydrogens is 253 g/mol. The fourth-order valence-corrected chi connectivity index (χ4v) is 3.25. The number of benzene rings is 1. The van der Waals surface area contributed by atoms with Crippen LogP contribution >= 0.6 is 23.2 Å². The summed E-state index contributed by atoms with van der Waals surface area (Å²) >= 11 is 12.4. The van der Waals surface area contributed by atoms with Crippen molar-refractivity contribution < 1.29 is 0 Å². The lowest BCUT2D eigenvalue weighted by Crippen LogP contribution is -2.40. The summed E-state index contributed by atoms with van der Waals surface area (Å²) < 4.78 is 0. The van der Waals surface area contributed by atoms with Crippen LogP contribution in [0.2, 0.25) is 5.02 Å². The minimum atomic E-state index is 0.522. The maximum Gasteiger partial charge on any atom is 0.0642 e. The van der Waals surface area contributed by atoms with Crippen molar-refractivity contribution in [3.05, 3.63) is 28.8 Å². The summed E-state index contributed by atoms with van der Waals surface area (Å²) in [5, 5.41) is 0.824. The molecule has 0 aromatic heterocycles. The molecule has 1 aromatic rings. The fraction of sp³-hybridized carbons (Fsp3) is 0.571. The molecular formula is C14H19Cl2N. The molecule has 2 unspecified atom stereocenters. The molecule has 17 heavy (non-hydrogen) atoms. The highest BCUT2D eigenvalue weighted by Crippen LogP contribution is 2.36. The summed E-state index contributed by atoms with van der Waals surface area (Å²) in [6, 6.07) is 6.54. The first-order valence-electron chi connectivity index (χ1n) is 6.23. The van der Waals surface area contributed by atoms with Crippen LogP contribution in [-0.2, 0) is 5.88 Å². The standard InChI is InChI=1S/C14H19Cl2N/c1-10-6-7-17(11(2)8-10)14-12(9-15)4-3-5-13(14)16/h3-5,10-11H,6-9H2,1-2H3. The molecule has 1 heterocycles. The number of rotatable bonds is 2. The van der Waals surface area contributed by atoms with Crippen molar-refractivity contribution in [2.45, 2.75) is 38.6 Å². The molecule has 0 bridgehead atoms. The number of hydrogen-bond donors (Lipinski definition) is 0. The average Bonchev–Trinajstić information content (AvgIpc) is 2.30. The SMILES string of the molecule is CC1CCN(c2c(Cl)cccc2CCl)C(C)C1. The van der Waals surface area contributed by atoms with Gasteiger partial charge in [-0.25, -0.2) is 0 Å². The number of nitrogens with zero attached hydrogens (tertiary/aromatic N) is 1. The topological polar surface area (TPSA) is 3.24 Å². The number of piperidine rings is 1. The molecule has 1 aromatic carbocycles. The Morgan fingerprint density at radius 3 is 2.76 bits per heavy atom. The zero-order valence-electron chi connectivity index (χ0n) is 10.4. The Kier molecular flexibility index (Phi) is 4.22. The van der Waals surface area contributed by atoms with Gasteiger partial charge < -0.3 is 4.90 Å². The van der Waals surface area contributed by atoms with Crippen LogP contribution < -0.4 is 4.90 Å². The molecule has 1 saturated heterocycles. The van der Waals surface area contributed by atoms with Gasteiger partial charge in [0, 0.05) is 18.5 Å². The maximum absolute atomic E-state index is 6.34. The van der Waals surface area contributed by atoms with Gasteiger partial charge in [-0.05, 0) is 37.3 Å². The first-order chi connectivity index (χ1) is 8.13. The molecule has 0 saturated carbocycles. The Balaban J connectivity index is 2.33. The van der Waals surface area contributed by atoms with Gasteiger partial charge in [0.2, 0.25) is 0 Å². The number of halogens is 2. The van der Waals surface area contributed by atoms with E-state index in [-0.39, 0.29) is 0 Å². The zero-order chi connectivity index (χ0) is 12.4. The van der Waals surface area contributed by atoms with E-state index < -0.39 is 0 Å². The molecule has 1 fully saturated rings. The van der Waals surface area contributed by atoms with Gasteiger partial charge in [-0.2, -0.15) is 0 Å². The summed E-state index contributed by atoms with van der Waals surface area (Å²) in [6.45, 7) is 5.68. The monoisotopic (exact) mass is 271 g/mol. The molecule has 1 aliphatic rings. The maximum atomic E-state index is 6.34. The normalized spacial score (nSPS) is 25.1. The molecule has 2 rings (SSSR count). The molecule has 0 radical (unpaired) electrons. The number of anilines is 1. The summed E-state index contributed by atoms with van der Waals surface area (Å²) in [4.78, 5) is 2.42. The van der Waals surface area contributed by atoms with Crippen molar-refractivity contribution in [1.29, 1.82) is 0 Å². The number of hydrogen-bond acceptors (Lipinski definition) is 1. The van der Waals surface area contributed by atoms with Gasteiger partial charge in [-0.3, -0.25) is 0 Å². The van der Waals surface area contributed by atoms with E-state index in [1.807, 2.05) is 12.1 Å². The predicted octanol–water partition coefficient (Wildman–Crippen LogP) is 4.70. The Bertz CT molecular complexity index is 392. The first-order valence-corrected chi connectivity index (χ1v) is 7.14. The molecule has 2 atom stereocenters. The third kappa shape index (κ3) is 2.71. The summed E-state index contributed by atoms with van der Waals surface area (Å²) in [6.07, 6.45) is 2.46. The highest BCUT2D eigenvalue weighted by Gasteiger charge is 2.25. The molecule has 0 aliphatic carbocycles. The van der Waals surface area contributed by atoms with Gasteiger partial charge in [-0.15, -0.1) is 11.6 Å². The van der Waals surface area contributed by atoms with E-state index in [9.17, 15) is 0 Å². The minimum absolute atomic E-state index is 0.522. The summed E-state index contributed by atoms with van der Waals surface area (Å²) in [5.41, 5.74) is 2.28. The van der Waals surface area contributed by atoms with E-state index in [2.05, 4.69) is 24.8 Å². The zero-order valence-corrected chi connectivity index (χ0v) is 11.9. The van der Waals surface area contributed by atoms with E-state index in [1.165, 1.54) is 12.8 Å². The van der Waals surface area contributed by atoms with Gasteiger partial charge >= 0.3 is 0 Å². The molecule has 1 nitrogen and oxygen atoms in total. The van der Waals surface area contributed by atoms with E-state index in [0.29, 0.717) is 11.9 Å². The summed E-state index contributed by atoms with van der Waals surface area (Å²) in [5.74, 6) is 1.33. The van der Waals surface area contributed by atoms with Gasteiger partial charge in [0.05, 0.1) is 10.7 Å². The van der Waals surface area contributed by atoms with E-state index in [4.69, 9.17) is 23.2 Å². The van der Waals surface area contributed by atoms with Gasteiger partial charge in [-0.1, -0.05) is 30.7 Å². The lowest BCUT2D eigenvalue weighted by molar-refractivity contribution is 0.377. The predicted molar refractivity (Wildman–Crippen MR) is 76.2 cm³/mol. The van der Waals surface area contributed by atoms with Crippen LogP contribution in [0.3, 0.4) is 0 Å². The molecule has 1 aliphatic heterocycles. The van der Waals surface area contributed by atoms with Crippen molar-refractivity contribution in [2.24, 2.45) is 5.92 Å². The lowest BCUT2D eigenvalue weighted by atomic mass is 9.92. The van der Waals surface area contributed by atoms with Crippen LogP contribution in [0.4, 0.5) is 5.69 Å². The Morgan fingerprint density at radius 1 is 1.35 bits per heavy atom. The second-order valence-corrected chi connectivity index (χ2v) is 5.73. The second-order valence-electron chi connectivity index (χ2n) is 5.05. The van der Waals surface area contributed by atoms with Crippen LogP contribution in [0.25, 0.3) is 0 Å². The van der Waals surface area contributed by atoms with E-state index >= 15 is 0 Å². The van der Waals surface area contributed by atoms with Gasteiger partial charge in [0.1, 0.15) is 0 Å². The third-order valence-electron chi connectivity index (χ3n) is 3.64. The highest BCUT2D eigenvalue weighted by atomic mass is 35.5.